The molecule has 9 heteroatoms. The van der Waals surface area contributed by atoms with Crippen LogP contribution in [0.15, 0.2) is 67.3 Å². The van der Waals surface area contributed by atoms with E-state index >= 15 is 0 Å². The van der Waals surface area contributed by atoms with E-state index in [0.717, 1.165) is 5.56 Å². The van der Waals surface area contributed by atoms with E-state index in [2.05, 4.69) is 4.98 Å². The van der Waals surface area contributed by atoms with Gasteiger partial charge in [-0.25, -0.2) is 4.98 Å². The van der Waals surface area contributed by atoms with Crippen molar-refractivity contribution in [1.29, 1.82) is 0 Å². The predicted octanol–water partition coefficient (Wildman–Crippen LogP) is 3.97. The molecule has 0 bridgehead atoms. The van der Waals surface area contributed by atoms with Gasteiger partial charge in [0, 0.05) is 34.4 Å². The zero-order chi connectivity index (χ0) is 19.9. The topological polar surface area (TPSA) is 101 Å². The second kappa shape index (κ2) is 9.36. The Hall–Kier alpha value is -2.61. The summed E-state index contributed by atoms with van der Waals surface area (Å²) in [6.45, 7) is 0.350. The van der Waals surface area contributed by atoms with Gasteiger partial charge in [0.25, 0.3) is 5.09 Å². The fourth-order valence-electron chi connectivity index (χ4n) is 2.72. The van der Waals surface area contributed by atoms with Gasteiger partial charge in [-0.15, -0.1) is 10.1 Å². The van der Waals surface area contributed by atoms with Crippen molar-refractivity contribution >= 4 is 23.2 Å². The minimum Gasteiger partial charge on any atom is -0.383 e. The summed E-state index contributed by atoms with van der Waals surface area (Å²) in [4.78, 5) is 12.4. The van der Waals surface area contributed by atoms with Gasteiger partial charge in [-0.3, -0.25) is 0 Å². The van der Waals surface area contributed by atoms with Crippen LogP contribution in [0.4, 0.5) is 0 Å². The van der Waals surface area contributed by atoms with Crippen LogP contribution < -0.4 is 0 Å². The first kappa shape index (κ1) is 20.7. The maximum absolute atomic E-state index is 11.4. The molecule has 0 radical (unpaired) electrons. The fraction of sp³-hybridized carbons (Fsp3) is 0.167. The van der Waals surface area contributed by atoms with Crippen molar-refractivity contribution in [2.75, 3.05) is 0 Å². The highest BCUT2D eigenvalue weighted by atomic mass is 35.5. The molecule has 0 spiro atoms. The lowest BCUT2D eigenvalue weighted by Gasteiger charge is -2.30. The monoisotopic (exact) mass is 409 g/mol. The van der Waals surface area contributed by atoms with E-state index in [1.54, 1.807) is 30.7 Å². The van der Waals surface area contributed by atoms with Gasteiger partial charge in [0.1, 0.15) is 5.60 Å². The molecule has 0 amide bonds. The quantitative estimate of drug-likeness (QED) is 0.490. The number of imidazole rings is 1. The number of rotatable bonds is 5. The van der Waals surface area contributed by atoms with Crippen LogP contribution in [0.2, 0.25) is 10.0 Å². The maximum atomic E-state index is 11.4. The Morgan fingerprint density at radius 2 is 1.85 bits per heavy atom. The average Bonchev–Trinajstić information content (AvgIpc) is 3.07. The van der Waals surface area contributed by atoms with Crippen LogP contribution in [-0.2, 0) is 18.6 Å². The van der Waals surface area contributed by atoms with Crippen molar-refractivity contribution in [2.24, 2.45) is 0 Å². The summed E-state index contributed by atoms with van der Waals surface area (Å²) in [5.41, 5.74) is 0.520. The first-order chi connectivity index (χ1) is 12.8. The Labute approximate surface area is 165 Å². The van der Waals surface area contributed by atoms with Crippen LogP contribution in [0, 0.1) is 10.1 Å². The maximum Gasteiger partial charge on any atom is 0.291 e. The number of aliphatic hydroxyl groups is 1. The van der Waals surface area contributed by atoms with Crippen LogP contribution >= 0.6 is 23.2 Å². The molecule has 0 saturated carbocycles. The van der Waals surface area contributed by atoms with Gasteiger partial charge < -0.3 is 14.9 Å². The van der Waals surface area contributed by atoms with E-state index < -0.39 is 10.7 Å². The normalized spacial score (nSPS) is 12.6. The highest BCUT2D eigenvalue weighted by Crippen LogP contribution is 2.34. The van der Waals surface area contributed by atoms with Crippen molar-refractivity contribution in [2.45, 2.75) is 18.6 Å². The predicted molar refractivity (Wildman–Crippen MR) is 102 cm³/mol. The molecule has 1 unspecified atom stereocenters. The van der Waals surface area contributed by atoms with E-state index in [1.807, 2.05) is 41.1 Å². The average molecular weight is 410 g/mol. The van der Waals surface area contributed by atoms with Crippen LogP contribution in [0.25, 0.3) is 0 Å². The molecule has 2 aromatic carbocycles. The molecule has 142 valence electrons. The molecule has 1 atom stereocenters. The van der Waals surface area contributed by atoms with Gasteiger partial charge in [0.15, 0.2) is 0 Å². The van der Waals surface area contributed by atoms with Gasteiger partial charge in [0.2, 0.25) is 0 Å². The zero-order valence-electron chi connectivity index (χ0n) is 14.1. The van der Waals surface area contributed by atoms with Crippen molar-refractivity contribution in [3.05, 3.63) is 98.5 Å². The second-order valence-corrected chi connectivity index (χ2v) is 6.63. The third-order valence-electron chi connectivity index (χ3n) is 3.78. The number of halogens is 2. The van der Waals surface area contributed by atoms with Gasteiger partial charge in [-0.2, -0.15) is 0 Å². The highest BCUT2D eigenvalue weighted by Gasteiger charge is 2.32. The van der Waals surface area contributed by atoms with Crippen molar-refractivity contribution in [1.82, 2.24) is 9.55 Å². The molecule has 1 aromatic heterocycles. The van der Waals surface area contributed by atoms with Gasteiger partial charge in [0.05, 0.1) is 12.9 Å². The smallest absolute Gasteiger partial charge is 0.291 e. The molecule has 3 rings (SSSR count). The summed E-state index contributed by atoms with van der Waals surface area (Å²) in [5, 5.41) is 26.0. The Balaban J connectivity index is 0.000000596. The van der Waals surface area contributed by atoms with Gasteiger partial charge >= 0.3 is 0 Å². The third-order valence-corrected chi connectivity index (χ3v) is 4.32. The molecule has 0 aliphatic carbocycles. The summed E-state index contributed by atoms with van der Waals surface area (Å²) in [7, 11) is 0. The van der Waals surface area contributed by atoms with E-state index in [1.165, 1.54) is 0 Å². The molecule has 1 heterocycles. The lowest BCUT2D eigenvalue weighted by atomic mass is 9.87. The number of nitrogens with zero attached hydrogens (tertiary/aromatic N) is 3. The molecular formula is C18H17Cl2N3O4. The first-order valence-electron chi connectivity index (χ1n) is 7.81. The largest absolute Gasteiger partial charge is 0.383 e. The first-order valence-corrected chi connectivity index (χ1v) is 8.56. The van der Waals surface area contributed by atoms with E-state index in [-0.39, 0.29) is 0 Å². The molecule has 0 fully saturated rings. The van der Waals surface area contributed by atoms with Gasteiger partial charge in [-0.1, -0.05) is 59.6 Å². The van der Waals surface area contributed by atoms with E-state index in [9.17, 15) is 5.11 Å². The van der Waals surface area contributed by atoms with E-state index in [0.29, 0.717) is 28.6 Å². The van der Waals surface area contributed by atoms with Crippen molar-refractivity contribution < 1.29 is 15.4 Å². The molecule has 0 aliphatic heterocycles. The van der Waals surface area contributed by atoms with Crippen LogP contribution in [0.1, 0.15) is 11.1 Å². The number of hydrogen-bond donors (Lipinski definition) is 2. The fourth-order valence-corrected chi connectivity index (χ4v) is 3.30. The summed E-state index contributed by atoms with van der Waals surface area (Å²) >= 11 is 12.3. The van der Waals surface area contributed by atoms with Gasteiger partial charge in [-0.05, 0) is 17.7 Å². The molecule has 27 heavy (non-hydrogen) atoms. The number of benzene rings is 2. The highest BCUT2D eigenvalue weighted by molar-refractivity contribution is 6.35. The standard InChI is InChI=1S/C18H16Cl2N2O.HNO3/c19-15-6-7-16(17(20)10-15)18(23,12-22-9-8-21-13-22)11-14-4-2-1-3-5-14;2-1(3)4/h1-10,13,23H,11-12H2;(H,2,3,4). The Kier molecular flexibility index (Phi) is 7.18. The molecule has 2 N–H and O–H groups in total. The lowest BCUT2D eigenvalue weighted by molar-refractivity contribution is -0.742. The molecule has 7 nitrogen and oxygen atoms in total. The summed E-state index contributed by atoms with van der Waals surface area (Å²) in [6.07, 6.45) is 5.62. The second-order valence-electron chi connectivity index (χ2n) is 5.79. The van der Waals surface area contributed by atoms with E-state index in [4.69, 9.17) is 38.5 Å². The minimum atomic E-state index is -1.50. The molecule has 3 aromatic rings. The summed E-state index contributed by atoms with van der Waals surface area (Å²) in [6, 6.07) is 15.0. The lowest BCUT2D eigenvalue weighted by Crippen LogP contribution is -2.34. The van der Waals surface area contributed by atoms with Crippen LogP contribution in [0.5, 0.6) is 0 Å². The van der Waals surface area contributed by atoms with Crippen molar-refractivity contribution in [3.63, 3.8) is 0 Å². The molecular weight excluding hydrogens is 393 g/mol. The molecule has 0 saturated heterocycles. The Morgan fingerprint density at radius 3 is 2.41 bits per heavy atom. The summed E-state index contributed by atoms with van der Waals surface area (Å²) < 4.78 is 1.84. The minimum absolute atomic E-state index is 0.350. The zero-order valence-corrected chi connectivity index (χ0v) is 15.6. The number of aromatic nitrogens is 2. The Bertz CT molecular complexity index is 872. The van der Waals surface area contributed by atoms with Crippen molar-refractivity contribution in [3.8, 4) is 0 Å². The third kappa shape index (κ3) is 6.25. The molecule has 0 aliphatic rings. The van der Waals surface area contributed by atoms with Crippen LogP contribution in [-0.4, -0.2) is 25.0 Å². The summed E-state index contributed by atoms with van der Waals surface area (Å²) in [5.74, 6) is 0. The van der Waals surface area contributed by atoms with Crippen LogP contribution in [0.3, 0.4) is 0 Å². The Morgan fingerprint density at radius 1 is 1.19 bits per heavy atom. The number of hydrogen-bond acceptors (Lipinski definition) is 4. The SMILES string of the molecule is O=[N+]([O-])O.OC(Cc1ccccc1)(Cn1ccnc1)c1ccc(Cl)cc1Cl.